The van der Waals surface area contributed by atoms with Gasteiger partial charge in [0.15, 0.2) is 9.84 Å². The molecule has 0 N–H and O–H groups in total. The highest BCUT2D eigenvalue weighted by atomic mass is 32.2. The van der Waals surface area contributed by atoms with Gasteiger partial charge >= 0.3 is 0 Å². The van der Waals surface area contributed by atoms with E-state index in [1.54, 1.807) is 0 Å². The average molecular weight is 285 g/mol. The second-order valence-corrected chi connectivity index (χ2v) is 7.32. The maximum Gasteiger partial charge on any atom is 0.269 e. The Balaban J connectivity index is 2.05. The van der Waals surface area contributed by atoms with Crippen molar-refractivity contribution in [3.63, 3.8) is 0 Å². The van der Waals surface area contributed by atoms with Gasteiger partial charge in [0.1, 0.15) is 0 Å². The third kappa shape index (κ3) is 3.51. The van der Waals surface area contributed by atoms with Gasteiger partial charge in [0.2, 0.25) is 0 Å². The molecule has 0 radical (unpaired) electrons. The lowest BCUT2D eigenvalue weighted by Crippen LogP contribution is -2.45. The quantitative estimate of drug-likeness (QED) is 0.605. The summed E-state index contributed by atoms with van der Waals surface area (Å²) in [7, 11) is -3.24. The molecule has 2 rings (SSSR count). The maximum atomic E-state index is 12.0. The highest BCUT2D eigenvalue weighted by Gasteiger charge is 2.37. The van der Waals surface area contributed by atoms with Crippen LogP contribution in [0.25, 0.3) is 0 Å². The summed E-state index contributed by atoms with van der Waals surface area (Å²) in [6, 6.07) is 5.60. The SMILES string of the molecule is CC1(CS(=O)(=O)Cc2ccc([N+](=O)[O-])cc2)COC1. The van der Waals surface area contributed by atoms with Crippen LogP contribution in [0.2, 0.25) is 0 Å². The Morgan fingerprint density at radius 1 is 1.32 bits per heavy atom. The van der Waals surface area contributed by atoms with Crippen molar-refractivity contribution in [2.75, 3.05) is 19.0 Å². The van der Waals surface area contributed by atoms with Gasteiger partial charge in [0.25, 0.3) is 5.69 Å². The summed E-state index contributed by atoms with van der Waals surface area (Å²) >= 11 is 0. The van der Waals surface area contributed by atoms with Crippen molar-refractivity contribution in [2.45, 2.75) is 12.7 Å². The average Bonchev–Trinajstić information content (AvgIpc) is 2.26. The predicted molar refractivity (Wildman–Crippen MR) is 69.5 cm³/mol. The Bertz CT molecular complexity index is 575. The summed E-state index contributed by atoms with van der Waals surface area (Å²) < 4.78 is 29.1. The second kappa shape index (κ2) is 4.90. The highest BCUT2D eigenvalue weighted by Crippen LogP contribution is 2.29. The number of rotatable bonds is 5. The molecule has 6 nitrogen and oxygen atoms in total. The molecule has 1 heterocycles. The minimum Gasteiger partial charge on any atom is -0.380 e. The van der Waals surface area contributed by atoms with E-state index in [1.165, 1.54) is 24.3 Å². The zero-order valence-electron chi connectivity index (χ0n) is 10.5. The van der Waals surface area contributed by atoms with Crippen LogP contribution in [0.4, 0.5) is 5.69 Å². The molecule has 1 aliphatic heterocycles. The zero-order valence-corrected chi connectivity index (χ0v) is 11.4. The second-order valence-electron chi connectivity index (χ2n) is 5.26. The van der Waals surface area contributed by atoms with E-state index in [2.05, 4.69) is 0 Å². The van der Waals surface area contributed by atoms with E-state index in [-0.39, 0.29) is 22.6 Å². The Labute approximate surface area is 111 Å². The lowest BCUT2D eigenvalue weighted by Gasteiger charge is -2.37. The number of hydrogen-bond donors (Lipinski definition) is 0. The van der Waals surface area contributed by atoms with E-state index in [0.717, 1.165) is 0 Å². The molecule has 1 aromatic rings. The largest absolute Gasteiger partial charge is 0.380 e. The van der Waals surface area contributed by atoms with Crippen molar-refractivity contribution in [3.8, 4) is 0 Å². The van der Waals surface area contributed by atoms with Crippen molar-refractivity contribution in [1.82, 2.24) is 0 Å². The minimum atomic E-state index is -3.24. The molecule has 104 valence electrons. The van der Waals surface area contributed by atoms with Crippen LogP contribution in [-0.2, 0) is 20.3 Å². The van der Waals surface area contributed by atoms with Gasteiger partial charge in [-0.1, -0.05) is 19.1 Å². The summed E-state index contributed by atoms with van der Waals surface area (Å²) in [5, 5.41) is 10.5. The molecule has 19 heavy (non-hydrogen) atoms. The molecule has 1 aliphatic rings. The van der Waals surface area contributed by atoms with Crippen molar-refractivity contribution in [3.05, 3.63) is 39.9 Å². The van der Waals surface area contributed by atoms with Crippen LogP contribution in [-0.4, -0.2) is 32.3 Å². The van der Waals surface area contributed by atoms with Gasteiger partial charge in [-0.05, 0) is 5.56 Å². The molecule has 0 atom stereocenters. The summed E-state index contributed by atoms with van der Waals surface area (Å²) in [5.74, 6) is -0.0163. The van der Waals surface area contributed by atoms with E-state index in [9.17, 15) is 18.5 Å². The Kier molecular flexibility index (Phi) is 3.60. The molecule has 0 spiro atoms. The Morgan fingerprint density at radius 2 is 1.89 bits per heavy atom. The first-order chi connectivity index (χ1) is 8.80. The van der Waals surface area contributed by atoms with Crippen molar-refractivity contribution < 1.29 is 18.1 Å². The Hall–Kier alpha value is -1.47. The fourth-order valence-electron chi connectivity index (χ4n) is 2.08. The number of nitrogens with zero attached hydrogens (tertiary/aromatic N) is 1. The van der Waals surface area contributed by atoms with Crippen LogP contribution >= 0.6 is 0 Å². The molecule has 0 unspecified atom stereocenters. The third-order valence-corrected chi connectivity index (χ3v) is 4.91. The van der Waals surface area contributed by atoms with Gasteiger partial charge in [-0.3, -0.25) is 10.1 Å². The smallest absolute Gasteiger partial charge is 0.269 e. The van der Waals surface area contributed by atoms with Gasteiger partial charge in [-0.15, -0.1) is 0 Å². The van der Waals surface area contributed by atoms with Gasteiger partial charge in [0, 0.05) is 17.5 Å². The number of hydrogen-bond acceptors (Lipinski definition) is 5. The highest BCUT2D eigenvalue weighted by molar-refractivity contribution is 7.90. The molecule has 0 saturated carbocycles. The van der Waals surface area contributed by atoms with Crippen LogP contribution in [0.5, 0.6) is 0 Å². The van der Waals surface area contributed by atoms with Crippen molar-refractivity contribution in [2.24, 2.45) is 5.41 Å². The van der Waals surface area contributed by atoms with Gasteiger partial charge in [-0.2, -0.15) is 0 Å². The minimum absolute atomic E-state index is 0.0412. The number of ether oxygens (including phenoxy) is 1. The molecule has 0 bridgehead atoms. The Morgan fingerprint density at radius 3 is 2.32 bits per heavy atom. The van der Waals surface area contributed by atoms with Crippen molar-refractivity contribution in [1.29, 1.82) is 0 Å². The molecule has 0 aromatic heterocycles. The molecule has 0 amide bonds. The summed E-state index contributed by atoms with van der Waals surface area (Å²) in [6.45, 7) is 2.81. The fraction of sp³-hybridized carbons (Fsp3) is 0.500. The molecule has 0 aliphatic carbocycles. The summed E-state index contributed by atoms with van der Waals surface area (Å²) in [6.07, 6.45) is 0. The van der Waals surface area contributed by atoms with Gasteiger partial charge in [-0.25, -0.2) is 8.42 Å². The monoisotopic (exact) mass is 285 g/mol. The standard InChI is InChI=1S/C12H15NO5S/c1-12(7-18-8-12)9-19(16,17)6-10-2-4-11(5-3-10)13(14)15/h2-5H,6-9H2,1H3. The molecule has 1 aromatic carbocycles. The molecule has 7 heteroatoms. The van der Waals surface area contributed by atoms with Crippen LogP contribution in [0.15, 0.2) is 24.3 Å². The lowest BCUT2D eigenvalue weighted by atomic mass is 9.92. The summed E-state index contributed by atoms with van der Waals surface area (Å²) in [5.41, 5.74) is 0.231. The topological polar surface area (TPSA) is 86.5 Å². The number of nitro groups is 1. The van der Waals surface area contributed by atoms with Crippen LogP contribution in [0.3, 0.4) is 0 Å². The number of non-ortho nitro benzene ring substituents is 1. The first-order valence-electron chi connectivity index (χ1n) is 5.81. The molecular formula is C12H15NO5S. The number of nitro benzene ring substituents is 1. The summed E-state index contributed by atoms with van der Waals surface area (Å²) in [4.78, 5) is 10.00. The molecular weight excluding hydrogens is 270 g/mol. The van der Waals surface area contributed by atoms with Gasteiger partial charge in [0.05, 0.1) is 29.6 Å². The lowest BCUT2D eigenvalue weighted by molar-refractivity contribution is -0.384. The third-order valence-electron chi connectivity index (χ3n) is 3.00. The van der Waals surface area contributed by atoms with Crippen molar-refractivity contribution >= 4 is 15.5 Å². The first kappa shape index (κ1) is 14.0. The first-order valence-corrected chi connectivity index (χ1v) is 7.63. The molecule has 1 saturated heterocycles. The van der Waals surface area contributed by atoms with E-state index in [0.29, 0.717) is 18.8 Å². The maximum absolute atomic E-state index is 12.0. The van der Waals surface area contributed by atoms with Crippen LogP contribution < -0.4 is 0 Å². The number of sulfone groups is 1. The predicted octanol–water partition coefficient (Wildman–Crippen LogP) is 1.55. The van der Waals surface area contributed by atoms with Crippen LogP contribution in [0.1, 0.15) is 12.5 Å². The van der Waals surface area contributed by atoms with E-state index < -0.39 is 14.8 Å². The van der Waals surface area contributed by atoms with Crippen LogP contribution in [0, 0.1) is 15.5 Å². The normalized spacial score (nSPS) is 17.7. The molecule has 1 fully saturated rings. The van der Waals surface area contributed by atoms with E-state index in [1.807, 2.05) is 6.92 Å². The van der Waals surface area contributed by atoms with Gasteiger partial charge < -0.3 is 4.74 Å². The number of benzene rings is 1. The fourth-order valence-corrected chi connectivity index (χ4v) is 4.11. The van der Waals surface area contributed by atoms with E-state index >= 15 is 0 Å². The zero-order chi connectivity index (χ0) is 14.1. The van der Waals surface area contributed by atoms with E-state index in [4.69, 9.17) is 4.74 Å².